The SMILES string of the molecule is CCOC(c1ccccc1)C(N)Cc1cc(Cl)ccc1F. The summed E-state index contributed by atoms with van der Waals surface area (Å²) in [5, 5.41) is 0.506. The lowest BCUT2D eigenvalue weighted by molar-refractivity contribution is 0.0431. The molecular weight excluding hydrogens is 289 g/mol. The van der Waals surface area contributed by atoms with Gasteiger partial charge in [0.25, 0.3) is 0 Å². The Balaban J connectivity index is 2.19. The van der Waals surface area contributed by atoms with E-state index in [1.807, 2.05) is 37.3 Å². The van der Waals surface area contributed by atoms with Crippen LogP contribution in [0.4, 0.5) is 4.39 Å². The van der Waals surface area contributed by atoms with Gasteiger partial charge in [-0.05, 0) is 42.7 Å². The van der Waals surface area contributed by atoms with Gasteiger partial charge in [0.05, 0.1) is 6.10 Å². The van der Waals surface area contributed by atoms with Crippen LogP contribution in [0.15, 0.2) is 48.5 Å². The zero-order valence-corrected chi connectivity index (χ0v) is 12.7. The number of ether oxygens (including phenoxy) is 1. The molecule has 2 N–H and O–H groups in total. The van der Waals surface area contributed by atoms with Crippen LogP contribution in [-0.2, 0) is 11.2 Å². The van der Waals surface area contributed by atoms with E-state index in [0.717, 1.165) is 5.56 Å². The topological polar surface area (TPSA) is 35.2 Å². The minimum Gasteiger partial charge on any atom is -0.372 e. The first-order valence-corrected chi connectivity index (χ1v) is 7.35. The summed E-state index contributed by atoms with van der Waals surface area (Å²) in [4.78, 5) is 0. The van der Waals surface area contributed by atoms with Crippen molar-refractivity contribution in [3.63, 3.8) is 0 Å². The van der Waals surface area contributed by atoms with Crippen molar-refractivity contribution in [2.24, 2.45) is 5.73 Å². The molecule has 0 aromatic heterocycles. The Bertz CT molecular complexity index is 576. The van der Waals surface area contributed by atoms with E-state index in [4.69, 9.17) is 22.1 Å². The molecule has 2 rings (SSSR count). The molecule has 0 saturated carbocycles. The van der Waals surface area contributed by atoms with E-state index in [9.17, 15) is 4.39 Å². The Hall–Kier alpha value is -1.42. The van der Waals surface area contributed by atoms with Gasteiger partial charge < -0.3 is 10.5 Å². The zero-order valence-electron chi connectivity index (χ0n) is 11.9. The average molecular weight is 308 g/mol. The maximum atomic E-state index is 13.8. The first-order chi connectivity index (χ1) is 10.1. The molecule has 2 aromatic rings. The van der Waals surface area contributed by atoms with Crippen molar-refractivity contribution in [2.45, 2.75) is 25.5 Å². The molecule has 0 amide bonds. The normalized spacial score (nSPS) is 13.9. The summed E-state index contributed by atoms with van der Waals surface area (Å²) in [6, 6.07) is 13.9. The molecule has 0 radical (unpaired) electrons. The van der Waals surface area contributed by atoms with E-state index < -0.39 is 0 Å². The summed E-state index contributed by atoms with van der Waals surface area (Å²) in [5.41, 5.74) is 7.76. The number of rotatable bonds is 6. The van der Waals surface area contributed by atoms with Gasteiger partial charge in [0.1, 0.15) is 5.82 Å². The lowest BCUT2D eigenvalue weighted by atomic mass is 9.96. The fraction of sp³-hybridized carbons (Fsp3) is 0.294. The van der Waals surface area contributed by atoms with Crippen LogP contribution in [0.3, 0.4) is 0 Å². The van der Waals surface area contributed by atoms with Crippen molar-refractivity contribution in [3.05, 3.63) is 70.5 Å². The minimum absolute atomic E-state index is 0.269. The van der Waals surface area contributed by atoms with Crippen molar-refractivity contribution < 1.29 is 9.13 Å². The Kier molecular flexibility index (Phi) is 5.74. The maximum absolute atomic E-state index is 13.8. The highest BCUT2D eigenvalue weighted by molar-refractivity contribution is 6.30. The molecule has 0 heterocycles. The van der Waals surface area contributed by atoms with Crippen LogP contribution in [-0.4, -0.2) is 12.6 Å². The number of hydrogen-bond acceptors (Lipinski definition) is 2. The number of benzene rings is 2. The highest BCUT2D eigenvalue weighted by Crippen LogP contribution is 2.24. The smallest absolute Gasteiger partial charge is 0.126 e. The van der Waals surface area contributed by atoms with Crippen molar-refractivity contribution in [1.29, 1.82) is 0 Å². The molecule has 0 aliphatic rings. The van der Waals surface area contributed by atoms with Crippen LogP contribution in [0.1, 0.15) is 24.2 Å². The van der Waals surface area contributed by atoms with Crippen LogP contribution in [0.25, 0.3) is 0 Å². The molecule has 0 spiro atoms. The molecule has 112 valence electrons. The highest BCUT2D eigenvalue weighted by Gasteiger charge is 2.21. The molecule has 0 fully saturated rings. The molecule has 2 nitrogen and oxygen atoms in total. The standard InChI is InChI=1S/C17H19ClFNO/c1-2-21-17(12-6-4-3-5-7-12)16(20)11-13-10-14(18)8-9-15(13)19/h3-10,16-17H,2,11,20H2,1H3. The number of halogens is 2. The van der Waals surface area contributed by atoms with Gasteiger partial charge in [-0.3, -0.25) is 0 Å². The second-order valence-corrected chi connectivity index (χ2v) is 5.33. The van der Waals surface area contributed by atoms with Gasteiger partial charge in [0, 0.05) is 17.7 Å². The van der Waals surface area contributed by atoms with Gasteiger partial charge in [-0.2, -0.15) is 0 Å². The van der Waals surface area contributed by atoms with E-state index in [1.54, 1.807) is 6.07 Å². The fourth-order valence-corrected chi connectivity index (χ4v) is 2.54. The summed E-state index contributed by atoms with van der Waals surface area (Å²) in [7, 11) is 0. The monoisotopic (exact) mass is 307 g/mol. The Morgan fingerprint density at radius 1 is 1.19 bits per heavy atom. The highest BCUT2D eigenvalue weighted by atomic mass is 35.5. The van der Waals surface area contributed by atoms with Gasteiger partial charge in [0.2, 0.25) is 0 Å². The summed E-state index contributed by atoms with van der Waals surface area (Å²) in [5.74, 6) is -0.293. The second-order valence-electron chi connectivity index (χ2n) is 4.89. The van der Waals surface area contributed by atoms with Crippen LogP contribution in [0, 0.1) is 5.82 Å². The van der Waals surface area contributed by atoms with E-state index in [0.29, 0.717) is 23.6 Å². The van der Waals surface area contributed by atoms with Crippen molar-refractivity contribution in [2.75, 3.05) is 6.61 Å². The molecular formula is C17H19ClFNO. The molecule has 2 unspecified atom stereocenters. The Morgan fingerprint density at radius 2 is 1.90 bits per heavy atom. The molecule has 2 atom stereocenters. The average Bonchev–Trinajstić information content (AvgIpc) is 2.49. The first-order valence-electron chi connectivity index (χ1n) is 6.98. The van der Waals surface area contributed by atoms with Gasteiger partial charge in [-0.25, -0.2) is 4.39 Å². The third kappa shape index (κ3) is 4.27. The lowest BCUT2D eigenvalue weighted by Crippen LogP contribution is -2.32. The van der Waals surface area contributed by atoms with Crippen LogP contribution in [0.5, 0.6) is 0 Å². The predicted octanol–water partition coefficient (Wildman–Crippen LogP) is 4.13. The van der Waals surface area contributed by atoms with Gasteiger partial charge >= 0.3 is 0 Å². The van der Waals surface area contributed by atoms with E-state index in [2.05, 4.69) is 0 Å². The minimum atomic E-state index is -0.347. The second kappa shape index (κ2) is 7.55. The van der Waals surface area contributed by atoms with E-state index >= 15 is 0 Å². The Labute approximate surface area is 129 Å². The third-order valence-corrected chi connectivity index (χ3v) is 3.56. The fourth-order valence-electron chi connectivity index (χ4n) is 2.35. The molecule has 0 bridgehead atoms. The molecule has 2 aromatic carbocycles. The van der Waals surface area contributed by atoms with Crippen LogP contribution in [0.2, 0.25) is 5.02 Å². The van der Waals surface area contributed by atoms with Gasteiger partial charge in [0.15, 0.2) is 0 Å². The lowest BCUT2D eigenvalue weighted by Gasteiger charge is -2.24. The van der Waals surface area contributed by atoms with Crippen molar-refractivity contribution in [1.82, 2.24) is 0 Å². The molecule has 21 heavy (non-hydrogen) atoms. The third-order valence-electron chi connectivity index (χ3n) is 3.33. The van der Waals surface area contributed by atoms with Gasteiger partial charge in [-0.15, -0.1) is 0 Å². The predicted molar refractivity (Wildman–Crippen MR) is 83.9 cm³/mol. The molecule has 4 heteroatoms. The summed E-state index contributed by atoms with van der Waals surface area (Å²) in [6.45, 7) is 2.47. The van der Waals surface area contributed by atoms with E-state index in [1.165, 1.54) is 12.1 Å². The molecule has 0 saturated heterocycles. The summed E-state index contributed by atoms with van der Waals surface area (Å²) < 4.78 is 19.6. The Morgan fingerprint density at radius 3 is 2.57 bits per heavy atom. The molecule has 0 aliphatic heterocycles. The summed E-state index contributed by atoms with van der Waals surface area (Å²) in [6.07, 6.45) is 0.0981. The molecule has 0 aliphatic carbocycles. The summed E-state index contributed by atoms with van der Waals surface area (Å²) >= 11 is 5.92. The van der Waals surface area contributed by atoms with Gasteiger partial charge in [-0.1, -0.05) is 41.9 Å². The van der Waals surface area contributed by atoms with Crippen LogP contribution >= 0.6 is 11.6 Å². The van der Waals surface area contributed by atoms with E-state index in [-0.39, 0.29) is 18.0 Å². The number of hydrogen-bond donors (Lipinski definition) is 1. The van der Waals surface area contributed by atoms with Crippen molar-refractivity contribution >= 4 is 11.6 Å². The quantitative estimate of drug-likeness (QED) is 0.871. The zero-order chi connectivity index (χ0) is 15.2. The van der Waals surface area contributed by atoms with Crippen molar-refractivity contribution in [3.8, 4) is 0 Å². The first kappa shape index (κ1) is 16.0. The van der Waals surface area contributed by atoms with Crippen LogP contribution < -0.4 is 5.73 Å². The number of nitrogens with two attached hydrogens (primary N) is 1. The largest absolute Gasteiger partial charge is 0.372 e. The maximum Gasteiger partial charge on any atom is 0.126 e.